The van der Waals surface area contributed by atoms with Gasteiger partial charge in [0, 0.05) is 16.6 Å². The maximum absolute atomic E-state index is 10.9. The summed E-state index contributed by atoms with van der Waals surface area (Å²) in [4.78, 5) is 13.9. The van der Waals surface area contributed by atoms with Crippen molar-refractivity contribution in [3.63, 3.8) is 0 Å². The Balaban J connectivity index is 2.88. The van der Waals surface area contributed by atoms with Crippen LogP contribution in [0, 0.1) is 6.92 Å². The number of aromatic amines is 1. The Kier molecular flexibility index (Phi) is 1.70. The van der Waals surface area contributed by atoms with Crippen LogP contribution in [0.3, 0.4) is 0 Å². The lowest BCUT2D eigenvalue weighted by atomic mass is 10.1. The molecule has 2 aromatic rings. The molecule has 0 saturated heterocycles. The molecular weight excluding hydrogens is 182 g/mol. The SMILES string of the molecule is Cc1cc2c(C(=O)O)c(O)ccc2[nH]1. The summed E-state index contributed by atoms with van der Waals surface area (Å²) >= 11 is 0. The fraction of sp³-hybridized carbons (Fsp3) is 0.100. The molecule has 0 aliphatic rings. The number of phenols is 1. The zero-order chi connectivity index (χ0) is 10.3. The molecule has 0 unspecified atom stereocenters. The van der Waals surface area contributed by atoms with Gasteiger partial charge in [-0.05, 0) is 25.1 Å². The van der Waals surface area contributed by atoms with E-state index in [1.807, 2.05) is 6.92 Å². The van der Waals surface area contributed by atoms with Crippen LogP contribution in [-0.2, 0) is 0 Å². The molecule has 0 saturated carbocycles. The Morgan fingerprint density at radius 2 is 2.14 bits per heavy atom. The number of carboxylic acids is 1. The molecule has 4 nitrogen and oxygen atoms in total. The van der Waals surface area contributed by atoms with Gasteiger partial charge in [0.1, 0.15) is 11.3 Å². The van der Waals surface area contributed by atoms with E-state index in [1.54, 1.807) is 12.1 Å². The fourth-order valence-electron chi connectivity index (χ4n) is 1.56. The van der Waals surface area contributed by atoms with Crippen molar-refractivity contribution in [2.75, 3.05) is 0 Å². The second kappa shape index (κ2) is 2.77. The summed E-state index contributed by atoms with van der Waals surface area (Å²) in [7, 11) is 0. The summed E-state index contributed by atoms with van der Waals surface area (Å²) in [5.41, 5.74) is 1.54. The predicted octanol–water partition coefficient (Wildman–Crippen LogP) is 1.88. The molecule has 0 spiro atoms. The molecule has 0 amide bonds. The lowest BCUT2D eigenvalue weighted by Crippen LogP contribution is -1.97. The lowest BCUT2D eigenvalue weighted by molar-refractivity contribution is 0.0696. The van der Waals surface area contributed by atoms with E-state index in [2.05, 4.69) is 4.98 Å². The molecule has 0 atom stereocenters. The van der Waals surface area contributed by atoms with E-state index in [9.17, 15) is 9.90 Å². The van der Waals surface area contributed by atoms with Crippen molar-refractivity contribution in [3.8, 4) is 5.75 Å². The van der Waals surface area contributed by atoms with Crippen LogP contribution in [-0.4, -0.2) is 21.2 Å². The molecule has 72 valence electrons. The van der Waals surface area contributed by atoms with Crippen molar-refractivity contribution in [1.82, 2.24) is 4.98 Å². The minimum Gasteiger partial charge on any atom is -0.507 e. The highest BCUT2D eigenvalue weighted by Crippen LogP contribution is 2.27. The average Bonchev–Trinajstić information content (AvgIpc) is 2.43. The van der Waals surface area contributed by atoms with E-state index in [-0.39, 0.29) is 11.3 Å². The Hall–Kier alpha value is -1.97. The minimum atomic E-state index is -1.12. The van der Waals surface area contributed by atoms with Gasteiger partial charge in [0.25, 0.3) is 0 Å². The maximum Gasteiger partial charge on any atom is 0.340 e. The van der Waals surface area contributed by atoms with Crippen molar-refractivity contribution in [2.45, 2.75) is 6.92 Å². The first-order valence-electron chi connectivity index (χ1n) is 4.14. The van der Waals surface area contributed by atoms with Crippen LogP contribution >= 0.6 is 0 Å². The van der Waals surface area contributed by atoms with Gasteiger partial charge in [-0.25, -0.2) is 4.79 Å². The summed E-state index contributed by atoms with van der Waals surface area (Å²) in [5, 5.41) is 18.8. The van der Waals surface area contributed by atoms with E-state index in [1.165, 1.54) is 6.07 Å². The Labute approximate surface area is 79.8 Å². The molecule has 0 aliphatic carbocycles. The quantitative estimate of drug-likeness (QED) is 0.644. The van der Waals surface area contributed by atoms with Crippen molar-refractivity contribution < 1.29 is 15.0 Å². The van der Waals surface area contributed by atoms with Crippen molar-refractivity contribution >= 4 is 16.9 Å². The number of aromatic carboxylic acids is 1. The number of rotatable bonds is 1. The smallest absolute Gasteiger partial charge is 0.340 e. The molecule has 0 radical (unpaired) electrons. The van der Waals surface area contributed by atoms with Gasteiger partial charge in [-0.1, -0.05) is 0 Å². The topological polar surface area (TPSA) is 73.3 Å². The monoisotopic (exact) mass is 191 g/mol. The zero-order valence-corrected chi connectivity index (χ0v) is 7.53. The highest BCUT2D eigenvalue weighted by atomic mass is 16.4. The van der Waals surface area contributed by atoms with Crippen LogP contribution in [0.25, 0.3) is 10.9 Å². The van der Waals surface area contributed by atoms with Crippen LogP contribution in [0.1, 0.15) is 16.1 Å². The number of carboxylic acid groups (broad SMARTS) is 1. The van der Waals surface area contributed by atoms with E-state index >= 15 is 0 Å². The van der Waals surface area contributed by atoms with Gasteiger partial charge < -0.3 is 15.2 Å². The average molecular weight is 191 g/mol. The molecule has 14 heavy (non-hydrogen) atoms. The van der Waals surface area contributed by atoms with Crippen LogP contribution in [0.15, 0.2) is 18.2 Å². The highest BCUT2D eigenvalue weighted by Gasteiger charge is 2.14. The minimum absolute atomic E-state index is 0.0492. The van der Waals surface area contributed by atoms with Gasteiger partial charge in [-0.3, -0.25) is 0 Å². The number of aromatic hydroxyl groups is 1. The Bertz CT molecular complexity index is 513. The lowest BCUT2D eigenvalue weighted by Gasteiger charge is -1.99. The van der Waals surface area contributed by atoms with Crippen LogP contribution in [0.4, 0.5) is 0 Å². The maximum atomic E-state index is 10.9. The molecule has 0 bridgehead atoms. The second-order valence-corrected chi connectivity index (χ2v) is 3.18. The summed E-state index contributed by atoms with van der Waals surface area (Å²) in [5.74, 6) is -1.32. The first-order valence-corrected chi connectivity index (χ1v) is 4.14. The van der Waals surface area contributed by atoms with E-state index in [0.29, 0.717) is 5.39 Å². The molecule has 2 rings (SSSR count). The third-order valence-electron chi connectivity index (χ3n) is 2.13. The van der Waals surface area contributed by atoms with Gasteiger partial charge in [-0.15, -0.1) is 0 Å². The summed E-state index contributed by atoms with van der Waals surface area (Å²) in [6.07, 6.45) is 0. The summed E-state index contributed by atoms with van der Waals surface area (Å²) in [6, 6.07) is 4.74. The number of aryl methyl sites for hydroxylation is 1. The number of nitrogens with one attached hydrogen (secondary N) is 1. The molecular formula is C10H9NO3. The Morgan fingerprint density at radius 3 is 2.79 bits per heavy atom. The van der Waals surface area contributed by atoms with E-state index < -0.39 is 5.97 Å². The zero-order valence-electron chi connectivity index (χ0n) is 7.53. The first kappa shape index (κ1) is 8.62. The number of aromatic nitrogens is 1. The number of fused-ring (bicyclic) bond motifs is 1. The van der Waals surface area contributed by atoms with Gasteiger partial charge >= 0.3 is 5.97 Å². The summed E-state index contributed by atoms with van der Waals surface area (Å²) < 4.78 is 0. The van der Waals surface area contributed by atoms with Crippen LogP contribution < -0.4 is 0 Å². The van der Waals surface area contributed by atoms with Crippen molar-refractivity contribution in [3.05, 3.63) is 29.5 Å². The molecule has 1 aromatic heterocycles. The van der Waals surface area contributed by atoms with Gasteiger partial charge in [0.15, 0.2) is 0 Å². The molecule has 3 N–H and O–H groups in total. The predicted molar refractivity (Wildman–Crippen MR) is 51.7 cm³/mol. The molecule has 4 heteroatoms. The van der Waals surface area contributed by atoms with Crippen molar-refractivity contribution in [2.24, 2.45) is 0 Å². The van der Waals surface area contributed by atoms with E-state index in [0.717, 1.165) is 11.2 Å². The highest BCUT2D eigenvalue weighted by molar-refractivity contribution is 6.05. The standard InChI is InChI=1S/C10H9NO3/c1-5-4-6-7(11-5)2-3-8(12)9(6)10(13)14/h2-4,11-12H,1H3,(H,13,14). The second-order valence-electron chi connectivity index (χ2n) is 3.18. The molecule has 0 fully saturated rings. The number of carbonyl (C=O) groups is 1. The van der Waals surface area contributed by atoms with Crippen molar-refractivity contribution in [1.29, 1.82) is 0 Å². The number of hydrogen-bond acceptors (Lipinski definition) is 2. The van der Waals surface area contributed by atoms with Gasteiger partial charge in [-0.2, -0.15) is 0 Å². The largest absolute Gasteiger partial charge is 0.507 e. The van der Waals surface area contributed by atoms with Gasteiger partial charge in [0.05, 0.1) is 0 Å². The van der Waals surface area contributed by atoms with Gasteiger partial charge in [0.2, 0.25) is 0 Å². The molecule has 1 heterocycles. The summed E-state index contributed by atoms with van der Waals surface area (Å²) in [6.45, 7) is 1.84. The van der Waals surface area contributed by atoms with E-state index in [4.69, 9.17) is 5.11 Å². The normalized spacial score (nSPS) is 10.6. The number of H-pyrrole nitrogens is 1. The number of hydrogen-bond donors (Lipinski definition) is 3. The fourth-order valence-corrected chi connectivity index (χ4v) is 1.56. The van der Waals surface area contributed by atoms with Crippen LogP contribution in [0.2, 0.25) is 0 Å². The third-order valence-corrected chi connectivity index (χ3v) is 2.13. The van der Waals surface area contributed by atoms with Crippen LogP contribution in [0.5, 0.6) is 5.75 Å². The molecule has 0 aliphatic heterocycles. The first-order chi connectivity index (χ1) is 6.59. The number of benzene rings is 1. The Morgan fingerprint density at radius 1 is 1.43 bits per heavy atom. The third kappa shape index (κ3) is 1.12. The molecule has 1 aromatic carbocycles.